The number of carbonyl (C=O) groups excluding carboxylic acids is 1. The summed E-state index contributed by atoms with van der Waals surface area (Å²) in [6, 6.07) is 6.62. The van der Waals surface area contributed by atoms with Gasteiger partial charge in [-0.3, -0.25) is 4.79 Å². The van der Waals surface area contributed by atoms with Crippen LogP contribution in [-0.2, 0) is 26.6 Å². The van der Waals surface area contributed by atoms with Gasteiger partial charge in [0, 0.05) is 20.1 Å². The van der Waals surface area contributed by atoms with Crippen LogP contribution >= 0.6 is 11.8 Å². The van der Waals surface area contributed by atoms with Gasteiger partial charge in [0.05, 0.1) is 16.8 Å². The fourth-order valence-corrected chi connectivity index (χ4v) is 2.90. The first-order valence-corrected chi connectivity index (χ1v) is 8.90. The van der Waals surface area contributed by atoms with Crippen molar-refractivity contribution >= 4 is 34.7 Å². The quantitative estimate of drug-likeness (QED) is 0.711. The number of hydrogen-bond donors (Lipinski definition) is 2. The van der Waals surface area contributed by atoms with Gasteiger partial charge in [0.2, 0.25) is 5.91 Å². The number of aliphatic carboxylic acids is 1. The maximum absolute atomic E-state index is 12.3. The summed E-state index contributed by atoms with van der Waals surface area (Å²) >= 11 is 1.62. The zero-order valence-electron chi connectivity index (χ0n) is 13.7. The van der Waals surface area contributed by atoms with Crippen molar-refractivity contribution in [2.75, 3.05) is 20.0 Å². The van der Waals surface area contributed by atoms with E-state index in [1.165, 1.54) is 7.11 Å². The molecule has 1 unspecified atom stereocenters. The molecule has 2 aromatic rings. The van der Waals surface area contributed by atoms with E-state index in [1.54, 1.807) is 11.8 Å². The molecule has 0 saturated carbocycles. The number of hydrogen-bond acceptors (Lipinski definition) is 5. The van der Waals surface area contributed by atoms with Crippen LogP contribution in [0.3, 0.4) is 0 Å². The molecule has 8 heteroatoms. The summed E-state index contributed by atoms with van der Waals surface area (Å²) in [5.41, 5.74) is 1.68. The molecule has 1 heterocycles. The van der Waals surface area contributed by atoms with Crippen molar-refractivity contribution in [3.05, 3.63) is 30.1 Å². The molecule has 2 rings (SSSR count). The SMILES string of the molecule is COCCC(NC(=O)Cn1c(CSC)nc2ccccc21)C(=O)O. The fourth-order valence-electron chi connectivity index (χ4n) is 2.42. The minimum atomic E-state index is -1.07. The van der Waals surface area contributed by atoms with E-state index in [9.17, 15) is 14.7 Å². The predicted molar refractivity (Wildman–Crippen MR) is 93.0 cm³/mol. The molecule has 0 spiro atoms. The van der Waals surface area contributed by atoms with Crippen LogP contribution in [0.4, 0.5) is 0 Å². The topological polar surface area (TPSA) is 93.5 Å². The first-order valence-electron chi connectivity index (χ1n) is 7.51. The Morgan fingerprint density at radius 3 is 2.83 bits per heavy atom. The van der Waals surface area contributed by atoms with E-state index >= 15 is 0 Å². The Balaban J connectivity index is 2.17. The highest BCUT2D eigenvalue weighted by Crippen LogP contribution is 2.18. The van der Waals surface area contributed by atoms with Crippen LogP contribution < -0.4 is 5.32 Å². The number of aromatic nitrogens is 2. The molecular formula is C16H21N3O4S. The Kier molecular flexibility index (Phi) is 6.62. The van der Waals surface area contributed by atoms with Crippen molar-refractivity contribution in [3.8, 4) is 0 Å². The number of para-hydroxylation sites is 2. The molecule has 1 atom stereocenters. The number of benzene rings is 1. The second-order valence-corrected chi connectivity index (χ2v) is 6.14. The predicted octanol–water partition coefficient (Wildman–Crippen LogP) is 1.51. The number of carboxylic acid groups (broad SMARTS) is 1. The summed E-state index contributed by atoms with van der Waals surface area (Å²) in [6.07, 6.45) is 2.19. The second kappa shape index (κ2) is 8.70. The van der Waals surface area contributed by atoms with Crippen LogP contribution in [0.5, 0.6) is 0 Å². The Morgan fingerprint density at radius 1 is 1.42 bits per heavy atom. The molecule has 24 heavy (non-hydrogen) atoms. The second-order valence-electron chi connectivity index (χ2n) is 5.28. The van der Waals surface area contributed by atoms with Crippen molar-refractivity contribution < 1.29 is 19.4 Å². The number of carboxylic acids is 1. The van der Waals surface area contributed by atoms with E-state index in [1.807, 2.05) is 35.1 Å². The van der Waals surface area contributed by atoms with Crippen LogP contribution in [0.25, 0.3) is 11.0 Å². The fraction of sp³-hybridized carbons (Fsp3) is 0.438. The lowest BCUT2D eigenvalue weighted by atomic mass is 10.2. The average molecular weight is 351 g/mol. The molecule has 0 aliphatic heterocycles. The summed E-state index contributed by atoms with van der Waals surface area (Å²) in [7, 11) is 1.49. The van der Waals surface area contributed by atoms with Crippen molar-refractivity contribution in [1.29, 1.82) is 0 Å². The summed E-state index contributed by atoms with van der Waals surface area (Å²) in [5, 5.41) is 11.7. The summed E-state index contributed by atoms with van der Waals surface area (Å²) in [5.74, 6) is 0.0421. The number of nitrogens with one attached hydrogen (secondary N) is 1. The molecule has 1 aromatic heterocycles. The molecule has 1 amide bonds. The number of imidazole rings is 1. The van der Waals surface area contributed by atoms with E-state index < -0.39 is 12.0 Å². The largest absolute Gasteiger partial charge is 0.480 e. The molecule has 0 fully saturated rings. The number of amides is 1. The Bertz CT molecular complexity index is 716. The highest BCUT2D eigenvalue weighted by atomic mass is 32.2. The monoisotopic (exact) mass is 351 g/mol. The van der Waals surface area contributed by atoms with Crippen molar-refractivity contribution in [2.24, 2.45) is 0 Å². The van der Waals surface area contributed by atoms with Crippen LogP contribution in [0.1, 0.15) is 12.2 Å². The normalized spacial score (nSPS) is 12.2. The third-order valence-electron chi connectivity index (χ3n) is 3.55. The highest BCUT2D eigenvalue weighted by Gasteiger charge is 2.21. The van der Waals surface area contributed by atoms with Gasteiger partial charge in [0.1, 0.15) is 18.4 Å². The molecule has 2 N–H and O–H groups in total. The Labute approximate surface area is 144 Å². The van der Waals surface area contributed by atoms with Gasteiger partial charge in [-0.1, -0.05) is 12.1 Å². The smallest absolute Gasteiger partial charge is 0.326 e. The van der Waals surface area contributed by atoms with E-state index in [0.29, 0.717) is 5.75 Å². The molecule has 0 aliphatic rings. The van der Waals surface area contributed by atoms with Crippen molar-refractivity contribution in [1.82, 2.24) is 14.9 Å². The van der Waals surface area contributed by atoms with Crippen LogP contribution in [-0.4, -0.2) is 52.5 Å². The Morgan fingerprint density at radius 2 is 2.17 bits per heavy atom. The lowest BCUT2D eigenvalue weighted by molar-refractivity contribution is -0.142. The molecular weight excluding hydrogens is 330 g/mol. The zero-order valence-corrected chi connectivity index (χ0v) is 14.5. The average Bonchev–Trinajstić information content (AvgIpc) is 2.89. The van der Waals surface area contributed by atoms with E-state index in [0.717, 1.165) is 16.9 Å². The van der Waals surface area contributed by atoms with Gasteiger partial charge < -0.3 is 19.7 Å². The number of rotatable bonds is 9. The summed E-state index contributed by atoms with van der Waals surface area (Å²) in [6.45, 7) is 0.302. The highest BCUT2D eigenvalue weighted by molar-refractivity contribution is 7.97. The third kappa shape index (κ3) is 4.48. The Hall–Kier alpha value is -2.06. The number of methoxy groups -OCH3 is 1. The minimum absolute atomic E-state index is 0.0349. The van der Waals surface area contributed by atoms with Gasteiger partial charge in [-0.15, -0.1) is 0 Å². The minimum Gasteiger partial charge on any atom is -0.480 e. The molecule has 1 aromatic carbocycles. The number of fused-ring (bicyclic) bond motifs is 1. The lowest BCUT2D eigenvalue weighted by Crippen LogP contribution is -2.43. The molecule has 130 valence electrons. The van der Waals surface area contributed by atoms with Crippen molar-refractivity contribution in [3.63, 3.8) is 0 Å². The number of thioether (sulfide) groups is 1. The molecule has 0 aliphatic carbocycles. The number of carbonyl (C=O) groups is 2. The maximum Gasteiger partial charge on any atom is 0.326 e. The van der Waals surface area contributed by atoms with Gasteiger partial charge in [-0.05, 0) is 18.4 Å². The maximum atomic E-state index is 12.3. The lowest BCUT2D eigenvalue weighted by Gasteiger charge is -2.15. The first-order chi connectivity index (χ1) is 11.6. The van der Waals surface area contributed by atoms with Gasteiger partial charge in [0.25, 0.3) is 0 Å². The molecule has 0 bridgehead atoms. The number of nitrogens with zero attached hydrogens (tertiary/aromatic N) is 2. The van der Waals surface area contributed by atoms with Gasteiger partial charge in [0.15, 0.2) is 0 Å². The first kappa shape index (κ1) is 18.3. The van der Waals surface area contributed by atoms with Crippen LogP contribution in [0, 0.1) is 0 Å². The van der Waals surface area contributed by atoms with Crippen molar-refractivity contribution in [2.45, 2.75) is 24.8 Å². The van der Waals surface area contributed by atoms with E-state index in [4.69, 9.17) is 4.74 Å². The summed E-state index contributed by atoms with van der Waals surface area (Å²) < 4.78 is 6.72. The van der Waals surface area contributed by atoms with Crippen LogP contribution in [0.15, 0.2) is 24.3 Å². The van der Waals surface area contributed by atoms with Crippen LogP contribution in [0.2, 0.25) is 0 Å². The standard InChI is InChI=1S/C16H21N3O4S/c1-23-8-7-12(16(21)22)18-15(20)9-19-13-6-4-3-5-11(13)17-14(19)10-24-2/h3-6,12H,7-10H2,1-2H3,(H,18,20)(H,21,22). The van der Waals surface area contributed by atoms with E-state index in [-0.39, 0.29) is 25.5 Å². The van der Waals surface area contributed by atoms with Gasteiger partial charge in [-0.25, -0.2) is 9.78 Å². The summed E-state index contributed by atoms with van der Waals surface area (Å²) in [4.78, 5) is 28.1. The van der Waals surface area contributed by atoms with Gasteiger partial charge in [-0.2, -0.15) is 11.8 Å². The van der Waals surface area contributed by atoms with E-state index in [2.05, 4.69) is 10.3 Å². The zero-order chi connectivity index (χ0) is 17.5. The molecule has 7 nitrogen and oxygen atoms in total. The molecule has 0 radical (unpaired) electrons. The number of ether oxygens (including phenoxy) is 1. The third-order valence-corrected chi connectivity index (χ3v) is 4.10. The molecule has 0 saturated heterocycles. The van der Waals surface area contributed by atoms with Gasteiger partial charge >= 0.3 is 5.97 Å².